The Balaban J connectivity index is 1.76. The number of aryl methyl sites for hydroxylation is 2. The number of fused-ring (bicyclic) bond motifs is 1. The molecule has 26 heavy (non-hydrogen) atoms. The molecule has 2 aromatic heterocycles. The van der Waals surface area contributed by atoms with Crippen molar-refractivity contribution in [2.45, 2.75) is 39.7 Å². The Morgan fingerprint density at radius 2 is 2.04 bits per heavy atom. The maximum Gasteiger partial charge on any atom is 0.252 e. The van der Waals surface area contributed by atoms with Crippen LogP contribution in [-0.4, -0.2) is 32.6 Å². The number of carbonyl (C=O) groups is 1. The van der Waals surface area contributed by atoms with Gasteiger partial charge in [0.2, 0.25) is 5.91 Å². The highest BCUT2D eigenvalue weighted by molar-refractivity contribution is 5.78. The Hall–Kier alpha value is -2.96. The van der Waals surface area contributed by atoms with Gasteiger partial charge in [0.15, 0.2) is 5.82 Å². The quantitative estimate of drug-likeness (QED) is 0.736. The Labute approximate surface area is 152 Å². The molecule has 1 N–H and O–H groups in total. The molecule has 2 heterocycles. The van der Waals surface area contributed by atoms with E-state index in [1.807, 2.05) is 51.1 Å². The Morgan fingerprint density at radius 3 is 2.77 bits per heavy atom. The molecular weight excluding hydrogens is 330 g/mol. The molecule has 0 aliphatic heterocycles. The number of hydrogen-bond donors (Lipinski definition) is 1. The van der Waals surface area contributed by atoms with Crippen molar-refractivity contribution in [1.82, 2.24) is 24.9 Å². The van der Waals surface area contributed by atoms with E-state index in [-0.39, 0.29) is 18.4 Å². The zero-order chi connectivity index (χ0) is 18.7. The van der Waals surface area contributed by atoms with Crippen LogP contribution in [0.2, 0.25) is 0 Å². The van der Waals surface area contributed by atoms with E-state index in [4.69, 9.17) is 4.74 Å². The summed E-state index contributed by atoms with van der Waals surface area (Å²) >= 11 is 0. The Morgan fingerprint density at radius 1 is 1.27 bits per heavy atom. The number of nitrogens with one attached hydrogen (secondary N) is 1. The fourth-order valence-corrected chi connectivity index (χ4v) is 3.03. The zero-order valence-electron chi connectivity index (χ0n) is 15.5. The lowest BCUT2D eigenvalue weighted by Crippen LogP contribution is -2.30. The molecule has 0 fully saturated rings. The topological polar surface area (TPSA) is 81.4 Å². The van der Waals surface area contributed by atoms with Crippen molar-refractivity contribution < 1.29 is 9.53 Å². The van der Waals surface area contributed by atoms with Gasteiger partial charge in [0.05, 0.1) is 19.6 Å². The van der Waals surface area contributed by atoms with E-state index in [2.05, 4.69) is 20.4 Å². The molecule has 0 saturated heterocycles. The molecule has 3 aromatic rings. The van der Waals surface area contributed by atoms with E-state index in [0.717, 1.165) is 29.1 Å². The highest BCUT2D eigenvalue weighted by atomic mass is 16.5. The second-order valence-electron chi connectivity index (χ2n) is 6.23. The van der Waals surface area contributed by atoms with Crippen molar-refractivity contribution in [3.63, 3.8) is 0 Å². The van der Waals surface area contributed by atoms with Crippen molar-refractivity contribution in [2.24, 2.45) is 0 Å². The normalized spacial score (nSPS) is 12.2. The average Bonchev–Trinajstić information content (AvgIpc) is 3.02. The predicted molar refractivity (Wildman–Crippen MR) is 98.1 cm³/mol. The van der Waals surface area contributed by atoms with Crippen molar-refractivity contribution in [1.29, 1.82) is 0 Å². The second-order valence-corrected chi connectivity index (χ2v) is 6.23. The van der Waals surface area contributed by atoms with Crippen molar-refractivity contribution in [2.75, 3.05) is 7.11 Å². The highest BCUT2D eigenvalue weighted by Gasteiger charge is 2.18. The minimum Gasteiger partial charge on any atom is -0.496 e. The van der Waals surface area contributed by atoms with Crippen LogP contribution in [0.1, 0.15) is 42.2 Å². The first-order valence-electron chi connectivity index (χ1n) is 8.64. The average molecular weight is 353 g/mol. The van der Waals surface area contributed by atoms with Gasteiger partial charge < -0.3 is 10.1 Å². The summed E-state index contributed by atoms with van der Waals surface area (Å²) in [7, 11) is 1.63. The number of aromatic nitrogens is 4. The molecule has 7 nitrogen and oxygen atoms in total. The number of carbonyl (C=O) groups excluding carboxylic acids is 1. The van der Waals surface area contributed by atoms with Gasteiger partial charge in [-0.1, -0.05) is 25.1 Å². The number of ether oxygens (including phenoxy) is 1. The molecule has 0 bridgehead atoms. The summed E-state index contributed by atoms with van der Waals surface area (Å²) in [5.74, 6) is 1.61. The van der Waals surface area contributed by atoms with E-state index in [0.29, 0.717) is 11.6 Å². The molecule has 1 amide bonds. The molecule has 0 spiro atoms. The summed E-state index contributed by atoms with van der Waals surface area (Å²) in [6.07, 6.45) is 0.859. The van der Waals surface area contributed by atoms with Crippen LogP contribution >= 0.6 is 0 Å². The number of hydrogen-bond acceptors (Lipinski definition) is 5. The number of rotatable bonds is 6. The van der Waals surface area contributed by atoms with Gasteiger partial charge in [-0.05, 0) is 32.4 Å². The SMILES string of the molecule is CC[C@@H](NC(=O)Cc1nc2nc(C)cc(C)n2n1)c1ccccc1OC. The van der Waals surface area contributed by atoms with E-state index >= 15 is 0 Å². The molecule has 0 aliphatic carbocycles. The number of benzene rings is 1. The third-order valence-corrected chi connectivity index (χ3v) is 4.24. The predicted octanol–water partition coefficient (Wildman–Crippen LogP) is 2.56. The molecule has 1 aromatic carbocycles. The van der Waals surface area contributed by atoms with Crippen LogP contribution in [-0.2, 0) is 11.2 Å². The lowest BCUT2D eigenvalue weighted by molar-refractivity contribution is -0.121. The smallest absolute Gasteiger partial charge is 0.252 e. The van der Waals surface area contributed by atoms with Crippen LogP contribution in [0.5, 0.6) is 5.75 Å². The van der Waals surface area contributed by atoms with E-state index in [1.165, 1.54) is 0 Å². The molecule has 1 atom stereocenters. The van der Waals surface area contributed by atoms with Crippen LogP contribution < -0.4 is 10.1 Å². The van der Waals surface area contributed by atoms with Gasteiger partial charge in [0.1, 0.15) is 5.75 Å². The first kappa shape index (κ1) is 17.8. The molecule has 136 valence electrons. The largest absolute Gasteiger partial charge is 0.496 e. The van der Waals surface area contributed by atoms with Crippen molar-refractivity contribution in [3.05, 3.63) is 53.1 Å². The summed E-state index contributed by atoms with van der Waals surface area (Å²) in [6, 6.07) is 9.51. The first-order chi connectivity index (χ1) is 12.5. The van der Waals surface area contributed by atoms with Crippen LogP contribution in [0.15, 0.2) is 30.3 Å². The van der Waals surface area contributed by atoms with Gasteiger partial charge in [0, 0.05) is 17.0 Å². The third-order valence-electron chi connectivity index (χ3n) is 4.24. The molecule has 3 rings (SSSR count). The maximum absolute atomic E-state index is 12.5. The summed E-state index contributed by atoms with van der Waals surface area (Å²) in [6.45, 7) is 5.87. The maximum atomic E-state index is 12.5. The fourth-order valence-electron chi connectivity index (χ4n) is 3.03. The van der Waals surface area contributed by atoms with E-state index < -0.39 is 0 Å². The van der Waals surface area contributed by atoms with Gasteiger partial charge in [-0.25, -0.2) is 9.50 Å². The number of nitrogens with zero attached hydrogens (tertiary/aromatic N) is 4. The standard InChI is InChI=1S/C19H23N5O2/c1-5-15(14-8-6-7-9-16(14)26-4)21-18(25)11-17-22-19-20-12(2)10-13(3)24(19)23-17/h6-10,15H,5,11H2,1-4H3,(H,21,25)/t15-/m1/s1. The van der Waals surface area contributed by atoms with E-state index in [1.54, 1.807) is 11.6 Å². The Bertz CT molecular complexity index is 935. The van der Waals surface area contributed by atoms with Gasteiger partial charge in [0.25, 0.3) is 5.78 Å². The van der Waals surface area contributed by atoms with Gasteiger partial charge in [-0.3, -0.25) is 4.79 Å². The minimum atomic E-state index is -0.131. The van der Waals surface area contributed by atoms with Crippen molar-refractivity contribution in [3.8, 4) is 5.75 Å². The zero-order valence-corrected chi connectivity index (χ0v) is 15.5. The fraction of sp³-hybridized carbons (Fsp3) is 0.368. The summed E-state index contributed by atoms with van der Waals surface area (Å²) in [4.78, 5) is 21.2. The van der Waals surface area contributed by atoms with Crippen LogP contribution in [0.3, 0.4) is 0 Å². The van der Waals surface area contributed by atoms with Crippen LogP contribution in [0.25, 0.3) is 5.78 Å². The molecule has 0 radical (unpaired) electrons. The molecule has 0 aliphatic rings. The number of methoxy groups -OCH3 is 1. The number of amides is 1. The summed E-state index contributed by atoms with van der Waals surface area (Å²) in [5.41, 5.74) is 2.77. The van der Waals surface area contributed by atoms with Gasteiger partial charge in [-0.15, -0.1) is 5.10 Å². The first-order valence-corrected chi connectivity index (χ1v) is 8.64. The molecule has 7 heteroatoms. The molecular formula is C19H23N5O2. The van der Waals surface area contributed by atoms with Gasteiger partial charge in [-0.2, -0.15) is 4.98 Å². The summed E-state index contributed by atoms with van der Waals surface area (Å²) in [5, 5.41) is 7.44. The third kappa shape index (κ3) is 3.66. The Kier molecular flexibility index (Phi) is 5.16. The monoisotopic (exact) mass is 353 g/mol. The van der Waals surface area contributed by atoms with Crippen LogP contribution in [0.4, 0.5) is 0 Å². The van der Waals surface area contributed by atoms with Crippen molar-refractivity contribution >= 4 is 11.7 Å². The van der Waals surface area contributed by atoms with Gasteiger partial charge >= 0.3 is 0 Å². The number of para-hydroxylation sites is 1. The van der Waals surface area contributed by atoms with E-state index in [9.17, 15) is 4.79 Å². The molecule has 0 unspecified atom stereocenters. The second kappa shape index (κ2) is 7.51. The lowest BCUT2D eigenvalue weighted by atomic mass is 10.0. The highest BCUT2D eigenvalue weighted by Crippen LogP contribution is 2.26. The summed E-state index contributed by atoms with van der Waals surface area (Å²) < 4.78 is 7.06. The molecule has 0 saturated carbocycles. The minimum absolute atomic E-state index is 0.105. The lowest BCUT2D eigenvalue weighted by Gasteiger charge is -2.19. The van der Waals surface area contributed by atoms with Crippen LogP contribution in [0, 0.1) is 13.8 Å².